The zero-order chi connectivity index (χ0) is 21.9. The molecule has 0 aromatic heterocycles. The van der Waals surface area contributed by atoms with Crippen LogP contribution in [0.15, 0.2) is 53.0 Å². The summed E-state index contributed by atoms with van der Waals surface area (Å²) in [7, 11) is 0. The van der Waals surface area contributed by atoms with E-state index in [-0.39, 0.29) is 17.4 Å². The molecule has 0 atom stereocenters. The second kappa shape index (κ2) is 12.3. The Kier molecular flexibility index (Phi) is 9.76. The number of carbonyl (C=O) groups is 2. The molecule has 0 aliphatic rings. The zero-order valence-electron chi connectivity index (χ0n) is 16.9. The lowest BCUT2D eigenvalue weighted by atomic mass is 10.1. The first-order valence-corrected chi connectivity index (χ1v) is 11.0. The van der Waals surface area contributed by atoms with Gasteiger partial charge in [0.15, 0.2) is 5.11 Å². The number of halogens is 1. The highest BCUT2D eigenvalue weighted by atomic mass is 79.9. The van der Waals surface area contributed by atoms with Gasteiger partial charge in [-0.05, 0) is 48.8 Å². The molecule has 0 heterocycles. The fraction of sp³-hybridized carbons (Fsp3) is 0.318. The fourth-order valence-electron chi connectivity index (χ4n) is 2.73. The molecule has 30 heavy (non-hydrogen) atoms. The maximum Gasteiger partial charge on any atom is 0.261 e. The van der Waals surface area contributed by atoms with Crippen LogP contribution < -0.4 is 15.8 Å². The summed E-state index contributed by atoms with van der Waals surface area (Å²) in [5, 5.41) is 3.01. The van der Waals surface area contributed by atoms with E-state index in [1.165, 1.54) is 0 Å². The number of thiocarbonyl (C=S) groups is 1. The third-order valence-electron chi connectivity index (χ3n) is 4.30. The number of nitrogens with two attached hydrogens (primary N) is 1. The molecule has 0 unspecified atom stereocenters. The summed E-state index contributed by atoms with van der Waals surface area (Å²) in [6.07, 6.45) is 1.69. The number of hydrogen-bond donors (Lipinski definition) is 2. The third-order valence-corrected chi connectivity index (χ3v) is 5.15. The van der Waals surface area contributed by atoms with Crippen molar-refractivity contribution < 1.29 is 14.3 Å². The Balaban J connectivity index is 2.10. The lowest BCUT2D eigenvalue weighted by molar-refractivity contribution is -0.118. The molecular formula is C22H26BrN3O3S. The Morgan fingerprint density at radius 2 is 1.90 bits per heavy atom. The molecule has 3 N–H and O–H groups in total. The highest BCUT2D eigenvalue weighted by Crippen LogP contribution is 2.23. The highest BCUT2D eigenvalue weighted by Gasteiger charge is 2.18. The third kappa shape index (κ3) is 7.76. The monoisotopic (exact) mass is 491 g/mol. The standard InChI is InChI=1S/C22H26BrN3O3S/c1-2-14-29-19-9-8-17(23)15-18(19)21(28)25-22(30)26(13-11-20(24)27)12-10-16-6-4-3-5-7-16/h3-9,15H,2,10-14H2,1H3,(H2,24,27)(H,25,28,30). The SMILES string of the molecule is CCCOc1ccc(Br)cc1C(=O)NC(=S)N(CCC(N)=O)CCc1ccccc1. The van der Waals surface area contributed by atoms with Crippen LogP contribution in [0.1, 0.15) is 35.7 Å². The van der Waals surface area contributed by atoms with Crippen LogP contribution in [0.4, 0.5) is 0 Å². The van der Waals surface area contributed by atoms with Gasteiger partial charge in [0.1, 0.15) is 5.75 Å². The first kappa shape index (κ1) is 23.8. The molecule has 0 aliphatic carbocycles. The Morgan fingerprint density at radius 1 is 1.17 bits per heavy atom. The van der Waals surface area contributed by atoms with Crippen molar-refractivity contribution in [3.8, 4) is 5.75 Å². The summed E-state index contributed by atoms with van der Waals surface area (Å²) in [6, 6.07) is 15.2. The quantitative estimate of drug-likeness (QED) is 0.495. The number of nitrogens with zero attached hydrogens (tertiary/aromatic N) is 1. The van der Waals surface area contributed by atoms with Crippen molar-refractivity contribution in [3.05, 3.63) is 64.1 Å². The van der Waals surface area contributed by atoms with Crippen LogP contribution in [0.2, 0.25) is 0 Å². The van der Waals surface area contributed by atoms with Gasteiger partial charge >= 0.3 is 0 Å². The molecule has 2 rings (SSSR count). The van der Waals surface area contributed by atoms with Gasteiger partial charge in [0.2, 0.25) is 5.91 Å². The van der Waals surface area contributed by atoms with Crippen molar-refractivity contribution in [2.75, 3.05) is 19.7 Å². The van der Waals surface area contributed by atoms with Crippen molar-refractivity contribution in [1.82, 2.24) is 10.2 Å². The van der Waals surface area contributed by atoms with Crippen molar-refractivity contribution in [2.45, 2.75) is 26.2 Å². The van der Waals surface area contributed by atoms with Gasteiger partial charge in [-0.1, -0.05) is 53.2 Å². The number of carbonyl (C=O) groups excluding carboxylic acids is 2. The molecule has 6 nitrogen and oxygen atoms in total. The van der Waals surface area contributed by atoms with E-state index in [0.29, 0.717) is 31.0 Å². The summed E-state index contributed by atoms with van der Waals surface area (Å²) in [5.74, 6) is -0.291. The van der Waals surface area contributed by atoms with Crippen LogP contribution in [-0.4, -0.2) is 41.5 Å². The lowest BCUT2D eigenvalue weighted by Gasteiger charge is -2.25. The summed E-state index contributed by atoms with van der Waals surface area (Å²) >= 11 is 8.86. The minimum absolute atomic E-state index is 0.145. The van der Waals surface area contributed by atoms with Gasteiger partial charge in [-0.25, -0.2) is 0 Å². The largest absolute Gasteiger partial charge is 0.493 e. The number of amides is 2. The van der Waals surface area contributed by atoms with Crippen LogP contribution in [0.25, 0.3) is 0 Å². The molecule has 2 amide bonds. The molecule has 0 saturated heterocycles. The average Bonchev–Trinajstić information content (AvgIpc) is 2.73. The van der Waals surface area contributed by atoms with E-state index in [0.717, 1.165) is 22.9 Å². The Morgan fingerprint density at radius 3 is 2.57 bits per heavy atom. The van der Waals surface area contributed by atoms with E-state index in [4.69, 9.17) is 22.7 Å². The summed E-state index contributed by atoms with van der Waals surface area (Å²) < 4.78 is 6.45. The maximum atomic E-state index is 12.9. The van der Waals surface area contributed by atoms with Gasteiger partial charge in [-0.2, -0.15) is 0 Å². The summed E-state index contributed by atoms with van der Waals surface area (Å²) in [4.78, 5) is 25.9. The zero-order valence-corrected chi connectivity index (χ0v) is 19.3. The van der Waals surface area contributed by atoms with Crippen molar-refractivity contribution in [1.29, 1.82) is 0 Å². The smallest absolute Gasteiger partial charge is 0.261 e. The van der Waals surface area contributed by atoms with Gasteiger partial charge < -0.3 is 15.4 Å². The summed E-state index contributed by atoms with van der Waals surface area (Å²) in [5.41, 5.74) is 6.83. The van der Waals surface area contributed by atoms with Crippen LogP contribution in [0.3, 0.4) is 0 Å². The normalized spacial score (nSPS) is 10.3. The predicted molar refractivity (Wildman–Crippen MR) is 126 cm³/mol. The fourth-order valence-corrected chi connectivity index (χ4v) is 3.37. The van der Waals surface area contributed by atoms with Crippen LogP contribution in [0.5, 0.6) is 5.75 Å². The van der Waals surface area contributed by atoms with Crippen LogP contribution >= 0.6 is 28.1 Å². The van der Waals surface area contributed by atoms with Crippen molar-refractivity contribution in [3.63, 3.8) is 0 Å². The van der Waals surface area contributed by atoms with Gasteiger partial charge in [-0.3, -0.25) is 14.9 Å². The highest BCUT2D eigenvalue weighted by molar-refractivity contribution is 9.10. The maximum absolute atomic E-state index is 12.9. The predicted octanol–water partition coefficient (Wildman–Crippen LogP) is 3.67. The van der Waals surface area contributed by atoms with E-state index in [1.807, 2.05) is 43.3 Å². The minimum Gasteiger partial charge on any atom is -0.493 e. The van der Waals surface area contributed by atoms with E-state index < -0.39 is 5.91 Å². The molecule has 8 heteroatoms. The number of ether oxygens (including phenoxy) is 1. The Labute approximate surface area is 190 Å². The van der Waals surface area contributed by atoms with E-state index in [1.54, 1.807) is 17.0 Å². The molecule has 0 saturated carbocycles. The number of benzene rings is 2. The molecular weight excluding hydrogens is 466 g/mol. The second-order valence-electron chi connectivity index (χ2n) is 6.69. The first-order chi connectivity index (χ1) is 14.4. The van der Waals surface area contributed by atoms with Gasteiger partial charge in [-0.15, -0.1) is 0 Å². The van der Waals surface area contributed by atoms with E-state index >= 15 is 0 Å². The molecule has 2 aromatic carbocycles. The average molecular weight is 492 g/mol. The van der Waals surface area contributed by atoms with Crippen molar-refractivity contribution in [2.24, 2.45) is 5.73 Å². The summed E-state index contributed by atoms with van der Waals surface area (Å²) in [6.45, 7) is 3.39. The second-order valence-corrected chi connectivity index (χ2v) is 7.99. The van der Waals surface area contributed by atoms with Crippen LogP contribution in [0, 0.1) is 0 Å². The Hall–Kier alpha value is -2.45. The van der Waals surface area contributed by atoms with E-state index in [9.17, 15) is 9.59 Å². The first-order valence-electron chi connectivity index (χ1n) is 9.75. The Bertz CT molecular complexity index is 877. The van der Waals surface area contributed by atoms with Gasteiger partial charge in [0.05, 0.1) is 12.2 Å². The van der Waals surface area contributed by atoms with E-state index in [2.05, 4.69) is 21.2 Å². The van der Waals surface area contributed by atoms with Gasteiger partial charge in [0, 0.05) is 24.0 Å². The molecule has 160 valence electrons. The molecule has 2 aromatic rings. The van der Waals surface area contributed by atoms with Gasteiger partial charge in [0.25, 0.3) is 5.91 Å². The molecule has 0 spiro atoms. The molecule has 0 radical (unpaired) electrons. The topological polar surface area (TPSA) is 84.7 Å². The van der Waals surface area contributed by atoms with Crippen LogP contribution in [-0.2, 0) is 11.2 Å². The molecule has 0 bridgehead atoms. The number of hydrogen-bond acceptors (Lipinski definition) is 4. The van der Waals surface area contributed by atoms with Crippen molar-refractivity contribution >= 4 is 45.1 Å². The lowest BCUT2D eigenvalue weighted by Crippen LogP contribution is -2.44. The number of nitrogens with one attached hydrogen (secondary N) is 1. The molecule has 0 aliphatic heterocycles. The number of rotatable bonds is 10. The molecule has 0 fully saturated rings. The number of primary amides is 1. The minimum atomic E-state index is -0.420.